The quantitative estimate of drug-likeness (QED) is 0.500. The molecule has 1 aromatic carbocycles. The topological polar surface area (TPSA) is 88.2 Å². The summed E-state index contributed by atoms with van der Waals surface area (Å²) < 4.78 is 14.0. The number of amides is 1. The van der Waals surface area contributed by atoms with Crippen molar-refractivity contribution in [3.05, 3.63) is 102 Å². The molecule has 4 N–H and O–H groups in total. The second-order valence-electron chi connectivity index (χ2n) is 7.32. The Morgan fingerprint density at radius 1 is 1.29 bits per heavy atom. The first kappa shape index (κ1) is 24.2. The van der Waals surface area contributed by atoms with Gasteiger partial charge in [-0.3, -0.25) is 9.78 Å². The largest absolute Gasteiger partial charge is 0.391 e. The van der Waals surface area contributed by atoms with E-state index in [1.54, 1.807) is 37.4 Å². The Hall–Kier alpha value is -3.09. The van der Waals surface area contributed by atoms with Gasteiger partial charge < -0.3 is 16.2 Å². The summed E-state index contributed by atoms with van der Waals surface area (Å²) in [5.41, 5.74) is 8.27. The number of hydrogen-bond donors (Lipinski definition) is 3. The molecule has 2 aromatic rings. The van der Waals surface area contributed by atoms with Crippen LogP contribution in [0.3, 0.4) is 0 Å². The molecule has 0 bridgehead atoms. The molecule has 31 heavy (non-hydrogen) atoms. The van der Waals surface area contributed by atoms with Crippen LogP contribution in [0.1, 0.15) is 47.9 Å². The van der Waals surface area contributed by atoms with Crippen LogP contribution in [0, 0.1) is 0 Å². The van der Waals surface area contributed by atoms with Gasteiger partial charge in [0.1, 0.15) is 5.83 Å². The third kappa shape index (κ3) is 6.98. The maximum Gasteiger partial charge on any atom is 0.253 e. The van der Waals surface area contributed by atoms with Crippen LogP contribution in [0.4, 0.5) is 4.39 Å². The Morgan fingerprint density at radius 2 is 2.00 bits per heavy atom. The molecule has 0 aliphatic carbocycles. The van der Waals surface area contributed by atoms with Crippen LogP contribution in [0.25, 0.3) is 0 Å². The van der Waals surface area contributed by atoms with E-state index < -0.39 is 18.0 Å². The maximum atomic E-state index is 14.0. The Balaban J connectivity index is 2.12. The van der Waals surface area contributed by atoms with E-state index in [-0.39, 0.29) is 24.8 Å². The fourth-order valence-electron chi connectivity index (χ4n) is 3.22. The van der Waals surface area contributed by atoms with Gasteiger partial charge in [-0.2, -0.15) is 0 Å². The average Bonchev–Trinajstić information content (AvgIpc) is 2.78. The molecular weight excluding hydrogens is 393 g/mol. The van der Waals surface area contributed by atoms with Gasteiger partial charge in [-0.05, 0) is 49.6 Å². The molecule has 5 nitrogen and oxygen atoms in total. The zero-order valence-corrected chi connectivity index (χ0v) is 18.0. The monoisotopic (exact) mass is 423 g/mol. The van der Waals surface area contributed by atoms with Crippen molar-refractivity contribution in [2.75, 3.05) is 0 Å². The number of nitrogens with two attached hydrogens (primary N) is 1. The summed E-state index contributed by atoms with van der Waals surface area (Å²) in [5.74, 6) is -0.763. The highest BCUT2D eigenvalue weighted by Gasteiger charge is 2.22. The molecule has 0 aliphatic rings. The van der Waals surface area contributed by atoms with E-state index in [0.717, 1.165) is 11.6 Å². The fraction of sp³-hybridized carbons (Fsp3) is 0.280. The lowest BCUT2D eigenvalue weighted by Gasteiger charge is -2.21. The summed E-state index contributed by atoms with van der Waals surface area (Å²) in [7, 11) is 0. The van der Waals surface area contributed by atoms with Gasteiger partial charge in [0.05, 0.1) is 23.4 Å². The van der Waals surface area contributed by atoms with Crippen molar-refractivity contribution >= 4 is 5.91 Å². The number of nitrogens with one attached hydrogen (secondary N) is 1. The van der Waals surface area contributed by atoms with Gasteiger partial charge in [0, 0.05) is 18.7 Å². The van der Waals surface area contributed by atoms with Crippen molar-refractivity contribution in [3.8, 4) is 0 Å². The smallest absolute Gasteiger partial charge is 0.253 e. The Kier molecular flexibility index (Phi) is 9.31. The highest BCUT2D eigenvalue weighted by molar-refractivity contribution is 5.95. The number of nitrogens with zero attached hydrogens (tertiary/aromatic N) is 1. The maximum absolute atomic E-state index is 14.0. The normalized spacial score (nSPS) is 15.1. The van der Waals surface area contributed by atoms with Gasteiger partial charge >= 0.3 is 0 Å². The zero-order chi connectivity index (χ0) is 22.8. The molecule has 0 unspecified atom stereocenters. The number of aliphatic hydroxyl groups is 1. The number of aliphatic hydroxyl groups excluding tert-OH is 1. The molecule has 6 heteroatoms. The summed E-state index contributed by atoms with van der Waals surface area (Å²) in [5, 5.41) is 13.6. The lowest BCUT2D eigenvalue weighted by atomic mass is 9.96. The first-order chi connectivity index (χ1) is 14.9. The van der Waals surface area contributed by atoms with Gasteiger partial charge in [-0.25, -0.2) is 4.39 Å². The van der Waals surface area contributed by atoms with Crippen molar-refractivity contribution in [3.63, 3.8) is 0 Å². The summed E-state index contributed by atoms with van der Waals surface area (Å²) in [6, 6.07) is 12.0. The van der Waals surface area contributed by atoms with Crippen molar-refractivity contribution in [2.24, 2.45) is 5.73 Å². The van der Waals surface area contributed by atoms with E-state index in [9.17, 15) is 14.3 Å². The van der Waals surface area contributed by atoms with Crippen molar-refractivity contribution in [1.29, 1.82) is 0 Å². The van der Waals surface area contributed by atoms with Crippen molar-refractivity contribution in [1.82, 2.24) is 10.3 Å². The zero-order valence-electron chi connectivity index (χ0n) is 18.0. The first-order valence-electron chi connectivity index (χ1n) is 10.2. The third-order valence-electron chi connectivity index (χ3n) is 4.99. The van der Waals surface area contributed by atoms with E-state index in [2.05, 4.69) is 16.9 Å². The molecule has 1 amide bonds. The molecule has 0 saturated carbocycles. The summed E-state index contributed by atoms with van der Waals surface area (Å²) in [6.07, 6.45) is 5.18. The van der Waals surface area contributed by atoms with Crippen molar-refractivity contribution < 1.29 is 14.3 Å². The van der Waals surface area contributed by atoms with E-state index in [1.165, 1.54) is 0 Å². The molecule has 1 aromatic heterocycles. The number of carbonyl (C=O) groups is 1. The fourth-order valence-corrected chi connectivity index (χ4v) is 3.22. The minimum Gasteiger partial charge on any atom is -0.391 e. The number of benzene rings is 1. The summed E-state index contributed by atoms with van der Waals surface area (Å²) >= 11 is 0. The number of allylic oxidation sites excluding steroid dienone is 4. The van der Waals surface area contributed by atoms with Crippen LogP contribution in [-0.4, -0.2) is 28.1 Å². The Bertz CT molecular complexity index is 941. The third-order valence-corrected chi connectivity index (χ3v) is 4.99. The molecule has 1 heterocycles. The minimum absolute atomic E-state index is 0.0727. The van der Waals surface area contributed by atoms with Gasteiger partial charge in [-0.1, -0.05) is 49.1 Å². The number of hydrogen-bond acceptors (Lipinski definition) is 4. The van der Waals surface area contributed by atoms with Gasteiger partial charge in [0.2, 0.25) is 0 Å². The van der Waals surface area contributed by atoms with E-state index in [4.69, 9.17) is 5.73 Å². The molecule has 0 fully saturated rings. The van der Waals surface area contributed by atoms with Crippen LogP contribution in [0.15, 0.2) is 84.9 Å². The predicted molar refractivity (Wildman–Crippen MR) is 122 cm³/mol. The lowest BCUT2D eigenvalue weighted by molar-refractivity contribution is 0.0936. The van der Waals surface area contributed by atoms with Crippen LogP contribution in [0.5, 0.6) is 0 Å². The van der Waals surface area contributed by atoms with E-state index >= 15 is 0 Å². The number of rotatable bonds is 10. The van der Waals surface area contributed by atoms with Gasteiger partial charge in [0.25, 0.3) is 5.91 Å². The minimum atomic E-state index is -1.01. The summed E-state index contributed by atoms with van der Waals surface area (Å²) in [6.45, 7) is 7.11. The van der Waals surface area contributed by atoms with Gasteiger partial charge in [-0.15, -0.1) is 0 Å². The van der Waals surface area contributed by atoms with Crippen LogP contribution in [-0.2, 0) is 6.42 Å². The number of carbonyl (C=O) groups excluding carboxylic acids is 1. The Morgan fingerprint density at radius 3 is 2.65 bits per heavy atom. The van der Waals surface area contributed by atoms with Gasteiger partial charge in [0.15, 0.2) is 0 Å². The molecule has 0 saturated heterocycles. The Labute approximate surface area is 183 Å². The van der Waals surface area contributed by atoms with Crippen LogP contribution >= 0.6 is 0 Å². The number of aromatic nitrogens is 1. The van der Waals surface area contributed by atoms with Crippen LogP contribution < -0.4 is 11.1 Å². The SMILES string of the molecule is C=C/C(F)=C(\C=C/C)C[C@@H](N)[C@@H](O)Cc1ncccc1C(=O)N[C@H](C)c1ccccc1. The average molecular weight is 424 g/mol. The molecular formula is C25H30FN3O2. The predicted octanol–water partition coefficient (Wildman–Crippen LogP) is 4.18. The highest BCUT2D eigenvalue weighted by atomic mass is 19.1. The number of halogens is 1. The molecule has 0 aliphatic heterocycles. The molecule has 0 spiro atoms. The standard InChI is InChI=1S/C25H30FN3O2/c1-4-10-19(21(26)5-2)15-22(27)24(30)16-23-20(13-9-14-28-23)25(31)29-17(3)18-11-7-6-8-12-18/h4-14,17,22,24,30H,2,15-16,27H2,1,3H3,(H,29,31)/b10-4-,21-19-/t17-,22-,24+/m1/s1. The highest BCUT2D eigenvalue weighted by Crippen LogP contribution is 2.19. The molecule has 2 rings (SSSR count). The number of pyridine rings is 1. The molecule has 0 radical (unpaired) electrons. The molecule has 164 valence electrons. The van der Waals surface area contributed by atoms with E-state index in [1.807, 2.05) is 37.3 Å². The lowest BCUT2D eigenvalue weighted by Crippen LogP contribution is -2.37. The van der Waals surface area contributed by atoms with Crippen molar-refractivity contribution in [2.45, 2.75) is 44.9 Å². The summed E-state index contributed by atoms with van der Waals surface area (Å²) in [4.78, 5) is 17.1. The van der Waals surface area contributed by atoms with Crippen LogP contribution in [0.2, 0.25) is 0 Å². The van der Waals surface area contributed by atoms with E-state index in [0.29, 0.717) is 16.8 Å². The second-order valence-corrected chi connectivity index (χ2v) is 7.32. The molecule has 3 atom stereocenters. The first-order valence-corrected chi connectivity index (χ1v) is 10.2. The second kappa shape index (κ2) is 11.9.